The fourth-order valence-corrected chi connectivity index (χ4v) is 5.20. The molecule has 1 aliphatic rings. The summed E-state index contributed by atoms with van der Waals surface area (Å²) in [4.78, 5) is 33.6. The molecule has 0 saturated carbocycles. The zero-order valence-corrected chi connectivity index (χ0v) is 25.8. The van der Waals surface area contributed by atoms with Crippen molar-refractivity contribution in [2.75, 3.05) is 45.7 Å². The lowest BCUT2D eigenvalue weighted by Gasteiger charge is -2.30. The first-order valence-electron chi connectivity index (χ1n) is 14.1. The zero-order chi connectivity index (χ0) is 32.1. The van der Waals surface area contributed by atoms with Gasteiger partial charge in [-0.25, -0.2) is 13.8 Å². The van der Waals surface area contributed by atoms with Gasteiger partial charge in [0.05, 0.1) is 29.1 Å². The molecule has 0 aliphatic carbocycles. The Morgan fingerprint density at radius 3 is 2.52 bits per heavy atom. The van der Waals surface area contributed by atoms with Gasteiger partial charge in [-0.2, -0.15) is 0 Å². The van der Waals surface area contributed by atoms with E-state index in [0.717, 1.165) is 12.8 Å². The Labute approximate surface area is 259 Å². The van der Waals surface area contributed by atoms with Crippen LogP contribution in [0.1, 0.15) is 46.3 Å². The molecule has 4 rings (SSSR count). The highest BCUT2D eigenvalue weighted by molar-refractivity contribution is 6.34. The number of aromatic nitrogens is 2. The molecule has 234 valence electrons. The van der Waals surface area contributed by atoms with Crippen molar-refractivity contribution >= 4 is 40.4 Å². The van der Waals surface area contributed by atoms with Crippen LogP contribution >= 0.6 is 11.6 Å². The highest BCUT2D eigenvalue weighted by atomic mass is 35.5. The minimum Gasteiger partial charge on any atom is -0.383 e. The first-order chi connectivity index (χ1) is 20.9. The lowest BCUT2D eigenvalue weighted by molar-refractivity contribution is 0.0715. The standard InChI is InChI=1S/C31H36ClF2N7O3/c1-18(35)24(17-39(2)13-14-44-4)21-7-8-23(28(34)27(21)33)26-16-37-29(40(26)3)30(42)38-20-5-6-22(25(32)15-20)31(43)41-11-9-19(36)10-12-41/h5-8,15-17,19,35H,9-14,36H2,1-4H3,(H,38,42)/b24-17+,35-18?. The van der Waals surface area contributed by atoms with Crippen LogP contribution in [0.5, 0.6) is 0 Å². The van der Waals surface area contributed by atoms with Gasteiger partial charge in [-0.1, -0.05) is 17.7 Å². The number of hydrogen-bond acceptors (Lipinski definition) is 7. The van der Waals surface area contributed by atoms with Gasteiger partial charge in [0.15, 0.2) is 17.5 Å². The second kappa shape index (κ2) is 14.1. The molecule has 0 spiro atoms. The minimum absolute atomic E-state index is 0.0551. The second-order valence-electron chi connectivity index (χ2n) is 10.7. The van der Waals surface area contributed by atoms with E-state index in [0.29, 0.717) is 37.5 Å². The van der Waals surface area contributed by atoms with Crippen LogP contribution in [-0.4, -0.2) is 83.3 Å². The van der Waals surface area contributed by atoms with Gasteiger partial charge >= 0.3 is 0 Å². The van der Waals surface area contributed by atoms with Crippen LogP contribution in [0.4, 0.5) is 14.5 Å². The molecule has 1 aliphatic heterocycles. The molecule has 0 bridgehead atoms. The van der Waals surface area contributed by atoms with E-state index in [1.165, 1.54) is 42.9 Å². The normalized spacial score (nSPS) is 14.1. The fourth-order valence-electron chi connectivity index (χ4n) is 4.94. The van der Waals surface area contributed by atoms with Gasteiger partial charge < -0.3 is 35.6 Å². The molecule has 10 nitrogen and oxygen atoms in total. The Morgan fingerprint density at radius 1 is 1.20 bits per heavy atom. The molecule has 13 heteroatoms. The average molecular weight is 628 g/mol. The number of piperidine rings is 1. The Bertz CT molecular complexity index is 1600. The van der Waals surface area contributed by atoms with Crippen molar-refractivity contribution in [3.8, 4) is 11.3 Å². The number of likely N-dealkylation sites (tertiary alicyclic amines) is 1. The quantitative estimate of drug-likeness (QED) is 0.277. The molecule has 2 heterocycles. The summed E-state index contributed by atoms with van der Waals surface area (Å²) in [6, 6.07) is 7.46. The minimum atomic E-state index is -1.13. The Morgan fingerprint density at radius 2 is 1.89 bits per heavy atom. The molecule has 0 atom stereocenters. The summed E-state index contributed by atoms with van der Waals surface area (Å²) in [5, 5.41) is 11.0. The molecule has 2 aromatic carbocycles. The van der Waals surface area contributed by atoms with Crippen LogP contribution in [-0.2, 0) is 11.8 Å². The molecule has 0 radical (unpaired) electrons. The number of nitrogens with two attached hydrogens (primary N) is 1. The Hall–Kier alpha value is -4.13. The van der Waals surface area contributed by atoms with Crippen molar-refractivity contribution in [2.24, 2.45) is 12.8 Å². The summed E-state index contributed by atoms with van der Waals surface area (Å²) in [5.74, 6) is -3.12. The molecule has 1 aromatic heterocycles. The summed E-state index contributed by atoms with van der Waals surface area (Å²) >= 11 is 6.41. The van der Waals surface area contributed by atoms with Crippen molar-refractivity contribution in [1.82, 2.24) is 19.4 Å². The fraction of sp³-hybridized carbons (Fsp3) is 0.355. The highest BCUT2D eigenvalue weighted by Crippen LogP contribution is 2.31. The number of nitrogens with zero attached hydrogens (tertiary/aromatic N) is 4. The SMILES string of the molecule is COCCN(C)/C=C(\C(C)=N)c1ccc(-c2cnc(C(=O)Nc3ccc(C(=O)N4CCC(N)CC4)c(Cl)c3)n2C)c(F)c1F. The monoisotopic (exact) mass is 627 g/mol. The number of hydrogen-bond donors (Lipinski definition) is 3. The van der Waals surface area contributed by atoms with Crippen LogP contribution in [0.15, 0.2) is 42.7 Å². The molecule has 4 N–H and O–H groups in total. The van der Waals surface area contributed by atoms with Crippen molar-refractivity contribution < 1.29 is 23.1 Å². The van der Waals surface area contributed by atoms with Gasteiger partial charge in [0, 0.05) is 81.2 Å². The molecule has 3 aromatic rings. The van der Waals surface area contributed by atoms with E-state index < -0.39 is 17.5 Å². The lowest BCUT2D eigenvalue weighted by atomic mass is 9.99. The topological polar surface area (TPSA) is 130 Å². The number of imidazole rings is 1. The van der Waals surface area contributed by atoms with Gasteiger partial charge in [-0.3, -0.25) is 9.59 Å². The summed E-state index contributed by atoms with van der Waals surface area (Å²) in [5.41, 5.74) is 6.88. The van der Waals surface area contributed by atoms with E-state index in [-0.39, 0.29) is 50.9 Å². The number of likely N-dealkylation sites (N-methyl/N-ethyl adjacent to an activating group) is 1. The van der Waals surface area contributed by atoms with Crippen molar-refractivity contribution in [1.29, 1.82) is 5.41 Å². The summed E-state index contributed by atoms with van der Waals surface area (Å²) in [6.07, 6.45) is 4.29. The maximum absolute atomic E-state index is 15.5. The number of carbonyl (C=O) groups excluding carboxylic acids is 2. The van der Waals surface area contributed by atoms with E-state index in [4.69, 9.17) is 27.5 Å². The van der Waals surface area contributed by atoms with Crippen molar-refractivity contribution in [3.63, 3.8) is 0 Å². The van der Waals surface area contributed by atoms with Crippen LogP contribution in [0.25, 0.3) is 16.8 Å². The predicted molar refractivity (Wildman–Crippen MR) is 167 cm³/mol. The number of rotatable bonds is 10. The molecular weight excluding hydrogens is 592 g/mol. The van der Waals surface area contributed by atoms with E-state index in [9.17, 15) is 9.59 Å². The van der Waals surface area contributed by atoms with Crippen molar-refractivity contribution in [2.45, 2.75) is 25.8 Å². The van der Waals surface area contributed by atoms with E-state index in [2.05, 4.69) is 10.3 Å². The maximum Gasteiger partial charge on any atom is 0.291 e. The van der Waals surface area contributed by atoms with Gasteiger partial charge in [0.2, 0.25) is 0 Å². The van der Waals surface area contributed by atoms with E-state index in [1.54, 1.807) is 42.3 Å². The van der Waals surface area contributed by atoms with Gasteiger partial charge in [-0.05, 0) is 44.0 Å². The van der Waals surface area contributed by atoms with Gasteiger partial charge in [0.1, 0.15) is 0 Å². The summed E-state index contributed by atoms with van der Waals surface area (Å²) in [7, 11) is 4.83. The van der Waals surface area contributed by atoms with Crippen LogP contribution < -0.4 is 11.1 Å². The number of carbonyl (C=O) groups is 2. The van der Waals surface area contributed by atoms with E-state index in [1.807, 2.05) is 0 Å². The zero-order valence-electron chi connectivity index (χ0n) is 25.1. The predicted octanol–water partition coefficient (Wildman–Crippen LogP) is 4.79. The molecule has 44 heavy (non-hydrogen) atoms. The Kier molecular flexibility index (Phi) is 10.5. The lowest BCUT2D eigenvalue weighted by Crippen LogP contribution is -2.42. The molecule has 0 unspecified atom stereocenters. The van der Waals surface area contributed by atoms with Crippen molar-refractivity contribution in [3.05, 3.63) is 76.3 Å². The number of anilines is 1. The van der Waals surface area contributed by atoms with Gasteiger partial charge in [0.25, 0.3) is 11.8 Å². The molecule has 2 amide bonds. The number of ether oxygens (including phenoxy) is 1. The third-order valence-corrected chi connectivity index (χ3v) is 7.84. The maximum atomic E-state index is 15.5. The number of methoxy groups -OCH3 is 1. The molecule has 1 fully saturated rings. The smallest absolute Gasteiger partial charge is 0.291 e. The summed E-state index contributed by atoms with van der Waals surface area (Å²) in [6.45, 7) is 3.52. The first kappa shape index (κ1) is 32.8. The Balaban J connectivity index is 1.53. The van der Waals surface area contributed by atoms with E-state index >= 15 is 8.78 Å². The summed E-state index contributed by atoms with van der Waals surface area (Å²) < 4.78 is 37.3. The largest absolute Gasteiger partial charge is 0.383 e. The first-order valence-corrected chi connectivity index (χ1v) is 14.4. The number of nitrogens with one attached hydrogen (secondary N) is 2. The second-order valence-corrected chi connectivity index (χ2v) is 11.1. The average Bonchev–Trinajstić information content (AvgIpc) is 3.37. The van der Waals surface area contributed by atoms with Crippen LogP contribution in [0, 0.1) is 17.0 Å². The van der Waals surface area contributed by atoms with Gasteiger partial charge in [-0.15, -0.1) is 0 Å². The number of allylic oxidation sites excluding steroid dienone is 1. The highest BCUT2D eigenvalue weighted by Gasteiger charge is 2.25. The van der Waals surface area contributed by atoms with Crippen LogP contribution in [0.2, 0.25) is 5.02 Å². The third kappa shape index (κ3) is 7.15. The molecule has 1 saturated heterocycles. The number of amides is 2. The number of benzene rings is 2. The third-order valence-electron chi connectivity index (χ3n) is 7.53. The van der Waals surface area contributed by atoms with Crippen LogP contribution in [0.3, 0.4) is 0 Å². The number of halogens is 3. The molecular formula is C31H36ClF2N7O3.